The highest BCUT2D eigenvalue weighted by Crippen LogP contribution is 2.39. The lowest BCUT2D eigenvalue weighted by Crippen LogP contribution is -2.50. The van der Waals surface area contributed by atoms with Crippen molar-refractivity contribution in [2.24, 2.45) is 0 Å². The Morgan fingerprint density at radius 2 is 1.90 bits per heavy atom. The molecule has 1 amide bonds. The minimum absolute atomic E-state index is 0.0438. The van der Waals surface area contributed by atoms with Crippen molar-refractivity contribution in [3.63, 3.8) is 0 Å². The van der Waals surface area contributed by atoms with Gasteiger partial charge in [-0.2, -0.15) is 0 Å². The lowest BCUT2D eigenvalue weighted by atomic mass is 10.2. The molecule has 1 rings (SSSR count). The van der Waals surface area contributed by atoms with Gasteiger partial charge in [-0.15, -0.1) is 0 Å². The first kappa shape index (κ1) is 18.0. The summed E-state index contributed by atoms with van der Waals surface area (Å²) in [4.78, 5) is 11.3. The molecule has 1 N–H and O–H groups in total. The number of methoxy groups -OCH3 is 1. The van der Waals surface area contributed by atoms with E-state index in [1.807, 2.05) is 0 Å². The monoisotopic (exact) mass is 343 g/mol. The van der Waals surface area contributed by atoms with Gasteiger partial charge in [0.1, 0.15) is 0 Å². The zero-order valence-corrected chi connectivity index (χ0v) is 15.3. The first-order valence-corrected chi connectivity index (χ1v) is 10.1. The van der Waals surface area contributed by atoms with E-state index < -0.39 is 31.1 Å². The van der Waals surface area contributed by atoms with Crippen molar-refractivity contribution in [2.45, 2.75) is 55.6 Å². The standard InChI is InChI=1S/C12H23Cl2NO4Si/c1-11(2,3)20(5,6)18-7-12(13,14)8-9(17-4)15-10(16)19-8/h8-9H,7H2,1-6H3,(H,15,16)/t8-,9+/m1/s1. The summed E-state index contributed by atoms with van der Waals surface area (Å²) in [5, 5.41) is 2.53. The minimum atomic E-state index is -1.99. The molecule has 0 bridgehead atoms. The van der Waals surface area contributed by atoms with Crippen LogP contribution in [0.5, 0.6) is 0 Å². The second-order valence-corrected chi connectivity index (χ2v) is 12.8. The first-order valence-electron chi connectivity index (χ1n) is 6.42. The van der Waals surface area contributed by atoms with Crippen molar-refractivity contribution >= 4 is 37.6 Å². The largest absolute Gasteiger partial charge is 0.438 e. The van der Waals surface area contributed by atoms with E-state index in [-0.39, 0.29) is 11.6 Å². The van der Waals surface area contributed by atoms with Gasteiger partial charge in [0, 0.05) is 7.11 Å². The van der Waals surface area contributed by atoms with Crippen molar-refractivity contribution in [1.29, 1.82) is 0 Å². The van der Waals surface area contributed by atoms with Crippen molar-refractivity contribution in [3.05, 3.63) is 0 Å². The zero-order valence-electron chi connectivity index (χ0n) is 12.8. The number of nitrogens with one attached hydrogen (secondary N) is 1. The summed E-state index contributed by atoms with van der Waals surface area (Å²) in [6.07, 6.45) is -2.09. The van der Waals surface area contributed by atoms with E-state index in [4.69, 9.17) is 37.1 Å². The Balaban J connectivity index is 2.73. The van der Waals surface area contributed by atoms with E-state index in [0.717, 1.165) is 0 Å². The van der Waals surface area contributed by atoms with Crippen LogP contribution in [-0.4, -0.2) is 44.8 Å². The number of carbonyl (C=O) groups excluding carboxylic acids is 1. The molecule has 2 atom stereocenters. The van der Waals surface area contributed by atoms with Gasteiger partial charge < -0.3 is 13.9 Å². The maximum atomic E-state index is 11.3. The van der Waals surface area contributed by atoms with E-state index in [0.29, 0.717) is 0 Å². The predicted molar refractivity (Wildman–Crippen MR) is 81.8 cm³/mol. The molecule has 118 valence electrons. The zero-order chi connectivity index (χ0) is 15.8. The number of ether oxygens (including phenoxy) is 2. The summed E-state index contributed by atoms with van der Waals surface area (Å²) in [5.41, 5.74) is 0. The van der Waals surface area contributed by atoms with Crippen molar-refractivity contribution in [1.82, 2.24) is 5.32 Å². The fourth-order valence-electron chi connectivity index (χ4n) is 1.47. The average Bonchev–Trinajstić information content (AvgIpc) is 2.67. The Kier molecular flexibility index (Phi) is 5.41. The van der Waals surface area contributed by atoms with Gasteiger partial charge in [-0.25, -0.2) is 4.79 Å². The highest BCUT2D eigenvalue weighted by molar-refractivity contribution is 6.74. The molecule has 8 heteroatoms. The van der Waals surface area contributed by atoms with Gasteiger partial charge >= 0.3 is 6.09 Å². The number of carbonyl (C=O) groups is 1. The molecule has 1 fully saturated rings. The Labute approximate surface area is 131 Å². The van der Waals surface area contributed by atoms with Gasteiger partial charge in [-0.3, -0.25) is 5.32 Å². The number of hydrogen-bond acceptors (Lipinski definition) is 4. The van der Waals surface area contributed by atoms with E-state index in [9.17, 15) is 4.79 Å². The van der Waals surface area contributed by atoms with Gasteiger partial charge in [0.2, 0.25) is 0 Å². The van der Waals surface area contributed by atoms with E-state index in [2.05, 4.69) is 39.2 Å². The van der Waals surface area contributed by atoms with Crippen LogP contribution in [0.3, 0.4) is 0 Å². The molecule has 1 aliphatic rings. The first-order chi connectivity index (χ1) is 8.90. The molecule has 0 aromatic heterocycles. The number of alkyl halides is 2. The summed E-state index contributed by atoms with van der Waals surface area (Å²) in [7, 11) is -0.536. The molecule has 0 aromatic rings. The Bertz CT molecular complexity index is 371. The van der Waals surface area contributed by atoms with Crippen LogP contribution >= 0.6 is 23.2 Å². The van der Waals surface area contributed by atoms with E-state index in [1.165, 1.54) is 7.11 Å². The maximum absolute atomic E-state index is 11.3. The quantitative estimate of drug-likeness (QED) is 0.614. The molecule has 0 aliphatic carbocycles. The minimum Gasteiger partial charge on any atom is -0.438 e. The third-order valence-corrected chi connectivity index (χ3v) is 9.00. The predicted octanol–water partition coefficient (Wildman–Crippen LogP) is 3.26. The normalized spacial score (nSPS) is 24.5. The SMILES string of the molecule is CO[C@@H]1NC(=O)O[C@H]1C(Cl)(Cl)CO[Si](C)(C)C(C)(C)C. The van der Waals surface area contributed by atoms with Crippen molar-refractivity contribution in [2.75, 3.05) is 13.7 Å². The van der Waals surface area contributed by atoms with Crippen LogP contribution < -0.4 is 5.32 Å². The molecular weight excluding hydrogens is 321 g/mol. The summed E-state index contributed by atoms with van der Waals surface area (Å²) in [6.45, 7) is 10.6. The molecular formula is C12H23Cl2NO4Si. The van der Waals surface area contributed by atoms with E-state index >= 15 is 0 Å². The summed E-state index contributed by atoms with van der Waals surface area (Å²) < 4.78 is 14.8. The molecule has 1 heterocycles. The molecule has 0 aromatic carbocycles. The maximum Gasteiger partial charge on any atom is 0.409 e. The average molecular weight is 344 g/mol. The third kappa shape index (κ3) is 4.01. The molecule has 5 nitrogen and oxygen atoms in total. The third-order valence-electron chi connectivity index (χ3n) is 3.87. The van der Waals surface area contributed by atoms with Crippen LogP contribution in [0.2, 0.25) is 18.1 Å². The number of hydrogen-bond donors (Lipinski definition) is 1. The highest BCUT2D eigenvalue weighted by Gasteiger charge is 2.50. The Morgan fingerprint density at radius 3 is 2.35 bits per heavy atom. The molecule has 1 aliphatic heterocycles. The lowest BCUT2D eigenvalue weighted by Gasteiger charge is -2.38. The highest BCUT2D eigenvalue weighted by atomic mass is 35.5. The molecule has 0 unspecified atom stereocenters. The summed E-state index contributed by atoms with van der Waals surface area (Å²) >= 11 is 12.6. The topological polar surface area (TPSA) is 56.8 Å². The summed E-state index contributed by atoms with van der Waals surface area (Å²) in [6, 6.07) is 0. The Hall–Kier alpha value is -0.0131. The fraction of sp³-hybridized carbons (Fsp3) is 0.917. The molecule has 0 radical (unpaired) electrons. The molecule has 0 saturated carbocycles. The Morgan fingerprint density at radius 1 is 1.35 bits per heavy atom. The number of alkyl carbamates (subject to hydrolysis) is 1. The second-order valence-electron chi connectivity index (χ2n) is 6.44. The number of rotatable bonds is 5. The van der Waals surface area contributed by atoms with Crippen LogP contribution in [0.4, 0.5) is 4.79 Å². The van der Waals surface area contributed by atoms with Crippen molar-refractivity contribution < 1.29 is 18.7 Å². The number of amides is 1. The molecule has 1 saturated heterocycles. The summed E-state index contributed by atoms with van der Waals surface area (Å²) in [5.74, 6) is 0. The van der Waals surface area contributed by atoms with Gasteiger partial charge in [-0.05, 0) is 18.1 Å². The number of halogens is 2. The van der Waals surface area contributed by atoms with E-state index in [1.54, 1.807) is 0 Å². The second kappa shape index (κ2) is 6.00. The van der Waals surface area contributed by atoms with Gasteiger partial charge in [-0.1, -0.05) is 44.0 Å². The van der Waals surface area contributed by atoms with Crippen LogP contribution in [0.25, 0.3) is 0 Å². The molecule has 20 heavy (non-hydrogen) atoms. The van der Waals surface area contributed by atoms with Crippen LogP contribution in [0.1, 0.15) is 20.8 Å². The lowest BCUT2D eigenvalue weighted by molar-refractivity contribution is 0.00596. The van der Waals surface area contributed by atoms with Crippen molar-refractivity contribution in [3.8, 4) is 0 Å². The van der Waals surface area contributed by atoms with Gasteiger partial charge in [0.05, 0.1) is 6.61 Å². The van der Waals surface area contributed by atoms with Crippen LogP contribution in [-0.2, 0) is 13.9 Å². The van der Waals surface area contributed by atoms with Crippen LogP contribution in [0, 0.1) is 0 Å². The smallest absolute Gasteiger partial charge is 0.409 e. The number of cyclic esters (lactones) is 1. The van der Waals surface area contributed by atoms with Crippen LogP contribution in [0.15, 0.2) is 0 Å². The van der Waals surface area contributed by atoms with Gasteiger partial charge in [0.15, 0.2) is 25.0 Å². The fourth-order valence-corrected chi connectivity index (χ4v) is 3.10. The molecule has 0 spiro atoms. The van der Waals surface area contributed by atoms with Gasteiger partial charge in [0.25, 0.3) is 0 Å².